The molecule has 1 fully saturated rings. The van der Waals surface area contributed by atoms with E-state index in [1.807, 2.05) is 0 Å². The Balaban J connectivity index is 2.12. The van der Waals surface area contributed by atoms with Gasteiger partial charge in [0.15, 0.2) is 0 Å². The topological polar surface area (TPSA) is 117 Å². The molecule has 1 aromatic heterocycles. The minimum atomic E-state index is -3.80. The first-order valence-electron chi connectivity index (χ1n) is 6.51. The molecule has 8 heteroatoms. The van der Waals surface area contributed by atoms with Crippen LogP contribution in [-0.2, 0) is 14.8 Å². The zero-order valence-electron chi connectivity index (χ0n) is 11.4. The van der Waals surface area contributed by atoms with Gasteiger partial charge in [-0.1, -0.05) is 0 Å². The van der Waals surface area contributed by atoms with E-state index in [1.54, 1.807) is 30.5 Å². The number of carbonyl (C=O) groups excluding carboxylic acids is 1. The molecule has 3 rings (SSSR count). The number of hydrogen-bond donors (Lipinski definition) is 1. The molecule has 2 aromatic rings. The minimum absolute atomic E-state index is 0.0435. The summed E-state index contributed by atoms with van der Waals surface area (Å²) >= 11 is 0. The predicted molar refractivity (Wildman–Crippen MR) is 80.3 cm³/mol. The smallest absolute Gasteiger partial charge is 0.228 e. The summed E-state index contributed by atoms with van der Waals surface area (Å²) in [7, 11) is -3.80. The highest BCUT2D eigenvalue weighted by Crippen LogP contribution is 2.31. The Hall–Kier alpha value is -2.50. The van der Waals surface area contributed by atoms with Crippen molar-refractivity contribution in [1.29, 1.82) is 5.26 Å². The zero-order chi connectivity index (χ0) is 15.9. The van der Waals surface area contributed by atoms with Crippen molar-refractivity contribution >= 4 is 32.5 Å². The fourth-order valence-electron chi connectivity index (χ4n) is 2.61. The first-order chi connectivity index (χ1) is 10.4. The van der Waals surface area contributed by atoms with Crippen LogP contribution in [0.1, 0.15) is 12.0 Å². The summed E-state index contributed by atoms with van der Waals surface area (Å²) in [6, 6.07) is 8.82. The number of carbonyl (C=O) groups is 1. The lowest BCUT2D eigenvalue weighted by atomic mass is 10.1. The molecular weight excluding hydrogens is 304 g/mol. The van der Waals surface area contributed by atoms with Gasteiger partial charge in [-0.2, -0.15) is 5.26 Å². The number of pyridine rings is 1. The number of amides is 1. The summed E-state index contributed by atoms with van der Waals surface area (Å²) < 4.78 is 22.9. The molecule has 2 heterocycles. The van der Waals surface area contributed by atoms with Crippen LogP contribution in [0.3, 0.4) is 0 Å². The van der Waals surface area contributed by atoms with E-state index < -0.39 is 15.3 Å². The maximum absolute atomic E-state index is 12.1. The lowest BCUT2D eigenvalue weighted by molar-refractivity contribution is -0.117. The van der Waals surface area contributed by atoms with Crippen LogP contribution in [0, 0.1) is 11.3 Å². The van der Waals surface area contributed by atoms with Crippen LogP contribution in [0.25, 0.3) is 10.9 Å². The van der Waals surface area contributed by atoms with Crippen molar-refractivity contribution in [2.75, 3.05) is 11.4 Å². The van der Waals surface area contributed by atoms with Crippen LogP contribution in [0.4, 0.5) is 5.69 Å². The number of nitrogens with two attached hydrogens (primary N) is 1. The summed E-state index contributed by atoms with van der Waals surface area (Å²) in [5.41, 5.74) is 1.32. The van der Waals surface area contributed by atoms with E-state index >= 15 is 0 Å². The maximum Gasteiger partial charge on any atom is 0.228 e. The van der Waals surface area contributed by atoms with Crippen LogP contribution in [0.5, 0.6) is 0 Å². The Kier molecular flexibility index (Phi) is 3.31. The number of nitriles is 1. The van der Waals surface area contributed by atoms with E-state index in [-0.39, 0.29) is 18.9 Å². The van der Waals surface area contributed by atoms with Gasteiger partial charge >= 0.3 is 0 Å². The Morgan fingerprint density at radius 3 is 2.77 bits per heavy atom. The molecule has 1 amide bonds. The van der Waals surface area contributed by atoms with Gasteiger partial charge in [0.25, 0.3) is 0 Å². The average Bonchev–Trinajstić information content (AvgIpc) is 2.88. The van der Waals surface area contributed by atoms with E-state index in [1.165, 1.54) is 4.90 Å². The summed E-state index contributed by atoms with van der Waals surface area (Å²) in [4.78, 5) is 17.6. The molecule has 1 aliphatic heterocycles. The fraction of sp³-hybridized carbons (Fsp3) is 0.214. The molecule has 0 bridgehead atoms. The van der Waals surface area contributed by atoms with E-state index in [0.29, 0.717) is 22.2 Å². The van der Waals surface area contributed by atoms with Crippen LogP contribution in [0.15, 0.2) is 30.5 Å². The monoisotopic (exact) mass is 316 g/mol. The molecular formula is C14H12N4O3S. The van der Waals surface area contributed by atoms with Gasteiger partial charge in [0.1, 0.15) is 11.3 Å². The summed E-state index contributed by atoms with van der Waals surface area (Å²) in [6.45, 7) is -0.0435. The normalized spacial score (nSPS) is 18.6. The second-order valence-corrected chi connectivity index (χ2v) is 6.91. The van der Waals surface area contributed by atoms with Crippen molar-refractivity contribution in [3.63, 3.8) is 0 Å². The average molecular weight is 316 g/mol. The van der Waals surface area contributed by atoms with Crippen molar-refractivity contribution in [3.8, 4) is 6.07 Å². The number of fused-ring (bicyclic) bond motifs is 1. The molecule has 2 N–H and O–H groups in total. The molecule has 1 atom stereocenters. The number of nitrogens with zero attached hydrogens (tertiary/aromatic N) is 3. The van der Waals surface area contributed by atoms with Crippen molar-refractivity contribution in [2.45, 2.75) is 11.7 Å². The molecule has 1 aliphatic rings. The summed E-state index contributed by atoms with van der Waals surface area (Å²) in [5.74, 6) is -0.362. The fourth-order valence-corrected chi connectivity index (χ4v) is 3.34. The second kappa shape index (κ2) is 5.05. The second-order valence-electron chi connectivity index (χ2n) is 5.06. The van der Waals surface area contributed by atoms with Crippen molar-refractivity contribution in [1.82, 2.24) is 4.98 Å². The van der Waals surface area contributed by atoms with Gasteiger partial charge in [-0.25, -0.2) is 13.6 Å². The molecule has 1 saturated heterocycles. The highest BCUT2D eigenvalue weighted by atomic mass is 32.2. The van der Waals surface area contributed by atoms with Gasteiger partial charge in [-0.3, -0.25) is 9.78 Å². The maximum atomic E-state index is 12.1. The van der Waals surface area contributed by atoms with Crippen molar-refractivity contribution < 1.29 is 13.2 Å². The Morgan fingerprint density at radius 1 is 1.36 bits per heavy atom. The van der Waals surface area contributed by atoms with E-state index in [2.05, 4.69) is 11.1 Å². The molecule has 1 unspecified atom stereocenters. The number of primary sulfonamides is 1. The number of aromatic nitrogens is 1. The first kappa shape index (κ1) is 14.4. The molecule has 0 saturated carbocycles. The Bertz CT molecular complexity index is 917. The highest BCUT2D eigenvalue weighted by molar-refractivity contribution is 7.89. The van der Waals surface area contributed by atoms with E-state index in [0.717, 1.165) is 0 Å². The van der Waals surface area contributed by atoms with Gasteiger partial charge < -0.3 is 4.90 Å². The molecule has 112 valence electrons. The number of benzene rings is 1. The lowest BCUT2D eigenvalue weighted by Gasteiger charge is -2.18. The predicted octanol–water partition coefficient (Wildman–Crippen LogP) is 0.500. The van der Waals surface area contributed by atoms with Crippen LogP contribution < -0.4 is 10.0 Å². The van der Waals surface area contributed by atoms with Crippen molar-refractivity contribution in [3.05, 3.63) is 36.0 Å². The molecule has 7 nitrogen and oxygen atoms in total. The number of sulfonamides is 1. The largest absolute Gasteiger partial charge is 0.310 e. The third-order valence-corrected chi connectivity index (χ3v) is 4.96. The number of anilines is 1. The van der Waals surface area contributed by atoms with Gasteiger partial charge in [0.05, 0.1) is 16.8 Å². The number of rotatable bonds is 2. The first-order valence-corrected chi connectivity index (χ1v) is 8.12. The summed E-state index contributed by atoms with van der Waals surface area (Å²) in [6.07, 6.45) is 1.44. The molecule has 0 radical (unpaired) electrons. The quantitative estimate of drug-likeness (QED) is 0.865. The van der Waals surface area contributed by atoms with Gasteiger partial charge in [-0.15, -0.1) is 0 Å². The SMILES string of the molecule is N#Cc1c(N2CC(S(N)(=O)=O)CC2=O)ccc2ncccc12. The molecule has 22 heavy (non-hydrogen) atoms. The zero-order valence-corrected chi connectivity index (χ0v) is 12.2. The molecule has 0 aliphatic carbocycles. The van der Waals surface area contributed by atoms with Gasteiger partial charge in [-0.05, 0) is 24.3 Å². The van der Waals surface area contributed by atoms with Crippen molar-refractivity contribution in [2.24, 2.45) is 5.14 Å². The summed E-state index contributed by atoms with van der Waals surface area (Å²) in [5, 5.41) is 14.2. The lowest BCUT2D eigenvalue weighted by Crippen LogP contribution is -2.32. The van der Waals surface area contributed by atoms with Gasteiger partial charge in [0.2, 0.25) is 15.9 Å². The third kappa shape index (κ3) is 2.30. The number of hydrogen-bond acceptors (Lipinski definition) is 5. The highest BCUT2D eigenvalue weighted by Gasteiger charge is 2.38. The molecule has 0 spiro atoms. The van der Waals surface area contributed by atoms with Crippen LogP contribution >= 0.6 is 0 Å². The van der Waals surface area contributed by atoms with E-state index in [9.17, 15) is 18.5 Å². The minimum Gasteiger partial charge on any atom is -0.310 e. The molecule has 1 aromatic carbocycles. The third-order valence-electron chi connectivity index (χ3n) is 3.72. The Labute approximate surface area is 127 Å². The van der Waals surface area contributed by atoms with Crippen LogP contribution in [-0.4, -0.2) is 31.1 Å². The van der Waals surface area contributed by atoms with Gasteiger partial charge in [0, 0.05) is 24.5 Å². The standard InChI is InChI=1S/C14H12N4O3S/c15-7-11-10-2-1-5-17-12(10)3-4-13(11)18-8-9(6-14(18)19)22(16,20)21/h1-5,9H,6,8H2,(H2,16,20,21). The van der Waals surface area contributed by atoms with E-state index in [4.69, 9.17) is 5.14 Å². The van der Waals surface area contributed by atoms with Crippen LogP contribution in [0.2, 0.25) is 0 Å². The Morgan fingerprint density at radius 2 is 2.14 bits per heavy atom.